The van der Waals surface area contributed by atoms with Gasteiger partial charge in [0.1, 0.15) is 6.10 Å². The van der Waals surface area contributed by atoms with Crippen LogP contribution in [0.15, 0.2) is 48.5 Å². The zero-order valence-corrected chi connectivity index (χ0v) is 14.6. The lowest BCUT2D eigenvalue weighted by Gasteiger charge is -2.30. The minimum Gasteiger partial charge on any atom is -0.461 e. The Bertz CT molecular complexity index is 1120. The van der Waals surface area contributed by atoms with Crippen molar-refractivity contribution >= 4 is 49.9 Å². The molecule has 2 nitrogen and oxygen atoms in total. The van der Waals surface area contributed by atoms with Gasteiger partial charge in [-0.1, -0.05) is 42.5 Å². The Balaban J connectivity index is 1.81. The van der Waals surface area contributed by atoms with E-state index in [0.29, 0.717) is 0 Å². The number of fused-ring (bicyclic) bond motifs is 2. The summed E-state index contributed by atoms with van der Waals surface area (Å²) >= 11 is 6.72. The molecule has 2 atom stereocenters. The SMILES string of the molecule is CC(=O)O[C@@H]1CCc2c(cc3ccc4cccc5ccc2c3c45)[C@H]1Cl. The molecule has 5 rings (SSSR count). The van der Waals surface area contributed by atoms with Crippen molar-refractivity contribution in [3.63, 3.8) is 0 Å². The summed E-state index contributed by atoms with van der Waals surface area (Å²) in [6.45, 7) is 1.44. The van der Waals surface area contributed by atoms with Crippen molar-refractivity contribution in [1.29, 1.82) is 0 Å². The molecule has 3 heteroatoms. The van der Waals surface area contributed by atoms with Crippen LogP contribution in [-0.2, 0) is 16.0 Å². The second-order valence-electron chi connectivity index (χ2n) is 6.89. The summed E-state index contributed by atoms with van der Waals surface area (Å²) in [5.41, 5.74) is 2.40. The summed E-state index contributed by atoms with van der Waals surface area (Å²) < 4.78 is 5.44. The van der Waals surface area contributed by atoms with E-state index in [4.69, 9.17) is 16.3 Å². The van der Waals surface area contributed by atoms with Gasteiger partial charge in [-0.2, -0.15) is 0 Å². The second kappa shape index (κ2) is 5.34. The van der Waals surface area contributed by atoms with E-state index in [2.05, 4.69) is 48.5 Å². The topological polar surface area (TPSA) is 26.3 Å². The smallest absolute Gasteiger partial charge is 0.302 e. The van der Waals surface area contributed by atoms with Crippen molar-refractivity contribution in [3.05, 3.63) is 59.7 Å². The normalized spacial score (nSPS) is 20.2. The molecule has 4 aromatic rings. The molecule has 0 fully saturated rings. The quantitative estimate of drug-likeness (QED) is 0.249. The van der Waals surface area contributed by atoms with Crippen LogP contribution in [0.2, 0.25) is 0 Å². The van der Waals surface area contributed by atoms with Gasteiger partial charge in [0.2, 0.25) is 0 Å². The number of esters is 1. The maximum atomic E-state index is 11.4. The van der Waals surface area contributed by atoms with Crippen LogP contribution in [0.3, 0.4) is 0 Å². The largest absolute Gasteiger partial charge is 0.461 e. The fraction of sp³-hybridized carbons (Fsp3) is 0.227. The summed E-state index contributed by atoms with van der Waals surface area (Å²) in [4.78, 5) is 11.4. The first-order valence-electron chi connectivity index (χ1n) is 8.64. The van der Waals surface area contributed by atoms with E-state index in [-0.39, 0.29) is 17.5 Å². The van der Waals surface area contributed by atoms with Crippen molar-refractivity contribution in [2.75, 3.05) is 0 Å². The lowest BCUT2D eigenvalue weighted by Crippen LogP contribution is -2.27. The number of aryl methyl sites for hydroxylation is 1. The van der Waals surface area contributed by atoms with Gasteiger partial charge >= 0.3 is 5.97 Å². The van der Waals surface area contributed by atoms with Gasteiger partial charge in [-0.05, 0) is 62.4 Å². The van der Waals surface area contributed by atoms with E-state index in [1.807, 2.05) is 0 Å². The number of alkyl halides is 1. The van der Waals surface area contributed by atoms with Crippen LogP contribution >= 0.6 is 11.6 Å². The first-order valence-corrected chi connectivity index (χ1v) is 9.08. The van der Waals surface area contributed by atoms with Crippen LogP contribution in [0.5, 0.6) is 0 Å². The van der Waals surface area contributed by atoms with Crippen LogP contribution in [-0.4, -0.2) is 12.1 Å². The predicted molar refractivity (Wildman–Crippen MR) is 103 cm³/mol. The second-order valence-corrected chi connectivity index (χ2v) is 7.36. The van der Waals surface area contributed by atoms with Crippen molar-refractivity contribution in [2.24, 2.45) is 0 Å². The minimum absolute atomic E-state index is 0.250. The van der Waals surface area contributed by atoms with Crippen LogP contribution in [0, 0.1) is 0 Å². The number of halogens is 1. The lowest BCUT2D eigenvalue weighted by atomic mass is 9.82. The average Bonchev–Trinajstić information content (AvgIpc) is 2.61. The van der Waals surface area contributed by atoms with Gasteiger partial charge in [-0.15, -0.1) is 11.6 Å². The van der Waals surface area contributed by atoms with Crippen LogP contribution in [0.25, 0.3) is 32.3 Å². The molecule has 25 heavy (non-hydrogen) atoms. The third-order valence-corrected chi connectivity index (χ3v) is 5.93. The lowest BCUT2D eigenvalue weighted by molar-refractivity contribution is -0.147. The van der Waals surface area contributed by atoms with E-state index >= 15 is 0 Å². The third kappa shape index (κ3) is 2.14. The summed E-state index contributed by atoms with van der Waals surface area (Å²) in [7, 11) is 0. The molecular formula is C22H17ClO2. The number of carbonyl (C=O) groups excluding carboxylic acids is 1. The number of rotatable bonds is 1. The van der Waals surface area contributed by atoms with Gasteiger partial charge in [0.25, 0.3) is 0 Å². The van der Waals surface area contributed by atoms with Gasteiger partial charge in [-0.25, -0.2) is 0 Å². The maximum Gasteiger partial charge on any atom is 0.302 e. The zero-order valence-electron chi connectivity index (χ0n) is 13.9. The van der Waals surface area contributed by atoms with Crippen LogP contribution in [0.4, 0.5) is 0 Å². The van der Waals surface area contributed by atoms with Crippen LogP contribution in [0.1, 0.15) is 29.8 Å². The molecule has 0 heterocycles. The fourth-order valence-corrected chi connectivity index (χ4v) is 4.75. The number of benzene rings is 4. The molecule has 0 bridgehead atoms. The van der Waals surface area contributed by atoms with Gasteiger partial charge in [0.05, 0.1) is 5.38 Å². The summed E-state index contributed by atoms with van der Waals surface area (Å²) in [6, 6.07) is 17.4. The average molecular weight is 349 g/mol. The van der Waals surface area contributed by atoms with Crippen LogP contribution < -0.4 is 0 Å². The maximum absolute atomic E-state index is 11.4. The molecule has 4 aromatic carbocycles. The molecule has 0 radical (unpaired) electrons. The molecular weight excluding hydrogens is 332 g/mol. The number of hydrogen-bond donors (Lipinski definition) is 0. The van der Waals surface area contributed by atoms with E-state index in [1.165, 1.54) is 44.8 Å². The monoisotopic (exact) mass is 348 g/mol. The van der Waals surface area contributed by atoms with Crippen molar-refractivity contribution in [2.45, 2.75) is 31.2 Å². The molecule has 1 aliphatic rings. The Morgan fingerprint density at radius 1 is 1.04 bits per heavy atom. The van der Waals surface area contributed by atoms with Gasteiger partial charge in [0.15, 0.2) is 0 Å². The highest BCUT2D eigenvalue weighted by molar-refractivity contribution is 6.25. The molecule has 0 spiro atoms. The third-order valence-electron chi connectivity index (χ3n) is 5.41. The van der Waals surface area contributed by atoms with E-state index in [1.54, 1.807) is 0 Å². The zero-order chi connectivity index (χ0) is 17.1. The Labute approximate surface area is 150 Å². The summed E-state index contributed by atoms with van der Waals surface area (Å²) in [6.07, 6.45) is 1.40. The predicted octanol–water partition coefficient (Wildman–Crippen LogP) is 5.74. The van der Waals surface area contributed by atoms with Gasteiger partial charge in [0, 0.05) is 6.92 Å². The highest BCUT2D eigenvalue weighted by atomic mass is 35.5. The molecule has 0 saturated carbocycles. The Morgan fingerprint density at radius 3 is 2.52 bits per heavy atom. The highest BCUT2D eigenvalue weighted by Gasteiger charge is 2.32. The highest BCUT2D eigenvalue weighted by Crippen LogP contribution is 2.44. The van der Waals surface area contributed by atoms with Crippen molar-refractivity contribution in [3.8, 4) is 0 Å². The van der Waals surface area contributed by atoms with Gasteiger partial charge < -0.3 is 4.74 Å². The number of hydrogen-bond acceptors (Lipinski definition) is 2. The molecule has 124 valence electrons. The van der Waals surface area contributed by atoms with Gasteiger partial charge in [-0.3, -0.25) is 4.79 Å². The summed E-state index contributed by atoms with van der Waals surface area (Å²) in [5.74, 6) is -0.267. The molecule has 0 aromatic heterocycles. The first-order chi connectivity index (χ1) is 12.1. The number of carbonyl (C=O) groups is 1. The van der Waals surface area contributed by atoms with Crippen molar-refractivity contribution in [1.82, 2.24) is 0 Å². The Hall–Kier alpha value is -2.32. The Morgan fingerprint density at radius 2 is 1.76 bits per heavy atom. The minimum atomic E-state index is -0.297. The van der Waals surface area contributed by atoms with E-state index < -0.39 is 0 Å². The standard InChI is InChI=1S/C22H17ClO2/c1-12(24)25-19-10-9-16-17-8-7-14-4-2-3-13-5-6-15(21(17)20(13)14)11-18(16)22(19)23/h2-8,11,19,22H,9-10H2,1H3/t19-,22-/m1/s1. The molecule has 0 N–H and O–H groups in total. The molecule has 1 aliphatic carbocycles. The molecule has 0 saturated heterocycles. The fourth-order valence-electron chi connectivity index (χ4n) is 4.38. The number of ether oxygens (including phenoxy) is 1. The van der Waals surface area contributed by atoms with E-state index in [0.717, 1.165) is 18.4 Å². The first kappa shape index (κ1) is 15.0. The molecule has 0 unspecified atom stereocenters. The van der Waals surface area contributed by atoms with Crippen molar-refractivity contribution < 1.29 is 9.53 Å². The molecule has 0 aliphatic heterocycles. The summed E-state index contributed by atoms with van der Waals surface area (Å²) in [5, 5.41) is 7.38. The van der Waals surface area contributed by atoms with E-state index in [9.17, 15) is 4.79 Å². The molecule has 0 amide bonds. The Kier molecular flexibility index (Phi) is 3.20.